The van der Waals surface area contributed by atoms with Crippen molar-refractivity contribution in [3.05, 3.63) is 42.1 Å². The lowest BCUT2D eigenvalue weighted by Gasteiger charge is -2.34. The van der Waals surface area contributed by atoms with Crippen molar-refractivity contribution in [1.29, 1.82) is 0 Å². The average molecular weight is 347 g/mol. The molecule has 3 rings (SSSR count). The van der Waals surface area contributed by atoms with Gasteiger partial charge in [0.05, 0.1) is 17.7 Å². The smallest absolute Gasteiger partial charge is 0.227 e. The van der Waals surface area contributed by atoms with E-state index >= 15 is 0 Å². The summed E-state index contributed by atoms with van der Waals surface area (Å²) in [6.45, 7) is 3.26. The van der Waals surface area contributed by atoms with Crippen LogP contribution in [0.15, 0.2) is 36.5 Å². The first-order valence-electron chi connectivity index (χ1n) is 8.09. The Balaban J connectivity index is 1.68. The van der Waals surface area contributed by atoms with Gasteiger partial charge in [0.2, 0.25) is 15.9 Å². The van der Waals surface area contributed by atoms with Crippen LogP contribution in [0.3, 0.4) is 0 Å². The first-order valence-corrected chi connectivity index (χ1v) is 9.70. The molecule has 1 aliphatic rings. The predicted molar refractivity (Wildman–Crippen MR) is 93.1 cm³/mol. The van der Waals surface area contributed by atoms with Crippen molar-refractivity contribution in [2.75, 3.05) is 31.9 Å². The van der Waals surface area contributed by atoms with E-state index in [0.29, 0.717) is 26.2 Å². The van der Waals surface area contributed by atoms with Crippen molar-refractivity contribution in [1.82, 2.24) is 14.2 Å². The fourth-order valence-electron chi connectivity index (χ4n) is 2.98. The van der Waals surface area contributed by atoms with Crippen LogP contribution in [0, 0.1) is 0 Å². The Morgan fingerprint density at radius 1 is 1.12 bits per heavy atom. The minimum Gasteiger partial charge on any atom is -0.340 e. The van der Waals surface area contributed by atoms with E-state index in [4.69, 9.17) is 0 Å². The quantitative estimate of drug-likeness (QED) is 0.835. The maximum absolute atomic E-state index is 12.6. The number of piperazine rings is 1. The number of carbonyl (C=O) groups is 1. The number of aromatic nitrogens is 1. The maximum atomic E-state index is 12.6. The highest BCUT2D eigenvalue weighted by molar-refractivity contribution is 7.89. The van der Waals surface area contributed by atoms with Gasteiger partial charge in [0.15, 0.2) is 0 Å². The number of rotatable bonds is 4. The molecular weight excluding hydrogens is 326 g/mol. The SMILES string of the molecule is CCS(=O)(=O)N1CCN(C(=O)Cc2cccc3cccnc23)CC1. The monoisotopic (exact) mass is 347 g/mol. The highest BCUT2D eigenvalue weighted by atomic mass is 32.2. The van der Waals surface area contributed by atoms with Crippen LogP contribution in [0.25, 0.3) is 10.9 Å². The van der Waals surface area contributed by atoms with Crippen molar-refractivity contribution < 1.29 is 13.2 Å². The van der Waals surface area contributed by atoms with E-state index in [1.54, 1.807) is 18.0 Å². The summed E-state index contributed by atoms with van der Waals surface area (Å²) in [5.41, 5.74) is 1.75. The number of nitrogens with zero attached hydrogens (tertiary/aromatic N) is 3. The molecule has 2 aromatic rings. The fraction of sp³-hybridized carbons (Fsp3) is 0.412. The number of fused-ring (bicyclic) bond motifs is 1. The number of para-hydroxylation sites is 1. The van der Waals surface area contributed by atoms with Crippen molar-refractivity contribution in [2.45, 2.75) is 13.3 Å². The molecule has 1 aromatic carbocycles. The van der Waals surface area contributed by atoms with Crippen LogP contribution in [0.1, 0.15) is 12.5 Å². The number of benzene rings is 1. The summed E-state index contributed by atoms with van der Waals surface area (Å²) in [5, 5.41) is 1.02. The standard InChI is InChI=1S/C17H21N3O3S/c1-2-24(22,23)20-11-9-19(10-12-20)16(21)13-15-6-3-5-14-7-4-8-18-17(14)15/h3-8H,2,9-13H2,1H3. The largest absolute Gasteiger partial charge is 0.340 e. The molecule has 0 spiro atoms. The molecule has 0 unspecified atom stereocenters. The van der Waals surface area contributed by atoms with Crippen molar-refractivity contribution in [3.63, 3.8) is 0 Å². The zero-order valence-corrected chi connectivity index (χ0v) is 14.5. The van der Waals surface area contributed by atoms with E-state index in [2.05, 4.69) is 4.98 Å². The number of hydrogen-bond acceptors (Lipinski definition) is 4. The normalized spacial score (nSPS) is 16.5. The van der Waals surface area contributed by atoms with Crippen LogP contribution in [0.5, 0.6) is 0 Å². The summed E-state index contributed by atoms with van der Waals surface area (Å²) in [5.74, 6) is 0.115. The first kappa shape index (κ1) is 16.9. The number of sulfonamides is 1. The molecule has 0 bridgehead atoms. The Kier molecular flexibility index (Phi) is 4.82. The van der Waals surface area contributed by atoms with Crippen LogP contribution in [-0.2, 0) is 21.2 Å². The third-order valence-corrected chi connectivity index (χ3v) is 6.29. The lowest BCUT2D eigenvalue weighted by atomic mass is 10.1. The number of pyridine rings is 1. The Hall–Kier alpha value is -1.99. The van der Waals surface area contributed by atoms with Gasteiger partial charge in [0, 0.05) is 37.8 Å². The van der Waals surface area contributed by atoms with Gasteiger partial charge in [-0.2, -0.15) is 4.31 Å². The highest BCUT2D eigenvalue weighted by Crippen LogP contribution is 2.18. The zero-order chi connectivity index (χ0) is 17.2. The molecule has 1 saturated heterocycles. The van der Waals surface area contributed by atoms with E-state index in [0.717, 1.165) is 16.5 Å². The molecule has 1 aromatic heterocycles. The van der Waals surface area contributed by atoms with E-state index < -0.39 is 10.0 Å². The lowest BCUT2D eigenvalue weighted by Crippen LogP contribution is -2.51. The molecule has 0 saturated carbocycles. The van der Waals surface area contributed by atoms with Gasteiger partial charge < -0.3 is 4.90 Å². The van der Waals surface area contributed by atoms with Crippen molar-refractivity contribution in [2.24, 2.45) is 0 Å². The third kappa shape index (κ3) is 3.42. The Morgan fingerprint density at radius 2 is 1.83 bits per heavy atom. The molecule has 1 aliphatic heterocycles. The van der Waals surface area contributed by atoms with Gasteiger partial charge in [0.25, 0.3) is 0 Å². The maximum Gasteiger partial charge on any atom is 0.227 e. The van der Waals surface area contributed by atoms with E-state index in [-0.39, 0.29) is 18.1 Å². The second-order valence-electron chi connectivity index (χ2n) is 5.85. The molecule has 0 atom stereocenters. The molecule has 2 heterocycles. The van der Waals surface area contributed by atoms with Gasteiger partial charge in [0.1, 0.15) is 0 Å². The summed E-state index contributed by atoms with van der Waals surface area (Å²) in [6, 6.07) is 9.68. The average Bonchev–Trinajstić information content (AvgIpc) is 2.62. The van der Waals surface area contributed by atoms with Gasteiger partial charge in [-0.1, -0.05) is 24.3 Å². The molecule has 128 valence electrons. The number of amides is 1. The summed E-state index contributed by atoms with van der Waals surface area (Å²) in [4.78, 5) is 18.7. The van der Waals surface area contributed by atoms with Crippen LogP contribution in [-0.4, -0.2) is 60.4 Å². The minimum absolute atomic E-state index is 0.0155. The van der Waals surface area contributed by atoms with Crippen LogP contribution < -0.4 is 0 Å². The summed E-state index contributed by atoms with van der Waals surface area (Å²) >= 11 is 0. The van der Waals surface area contributed by atoms with Crippen LogP contribution in [0.4, 0.5) is 0 Å². The molecule has 1 fully saturated rings. The van der Waals surface area contributed by atoms with Crippen molar-refractivity contribution in [3.8, 4) is 0 Å². The summed E-state index contributed by atoms with van der Waals surface area (Å²) in [7, 11) is -3.17. The third-order valence-electron chi connectivity index (χ3n) is 4.41. The summed E-state index contributed by atoms with van der Waals surface area (Å²) < 4.78 is 25.2. The van der Waals surface area contributed by atoms with E-state index in [1.807, 2.05) is 30.3 Å². The molecule has 0 N–H and O–H groups in total. The molecular formula is C17H21N3O3S. The molecule has 0 radical (unpaired) electrons. The minimum atomic E-state index is -3.17. The van der Waals surface area contributed by atoms with Crippen molar-refractivity contribution >= 4 is 26.8 Å². The summed E-state index contributed by atoms with van der Waals surface area (Å²) in [6.07, 6.45) is 2.01. The van der Waals surface area contributed by atoms with Gasteiger partial charge in [-0.05, 0) is 18.6 Å². The van der Waals surface area contributed by atoms with Gasteiger partial charge in [-0.25, -0.2) is 8.42 Å². The second kappa shape index (κ2) is 6.86. The number of hydrogen-bond donors (Lipinski definition) is 0. The molecule has 6 nitrogen and oxygen atoms in total. The van der Waals surface area contributed by atoms with Crippen LogP contribution in [0.2, 0.25) is 0 Å². The van der Waals surface area contributed by atoms with Gasteiger partial charge in [-0.3, -0.25) is 9.78 Å². The zero-order valence-electron chi connectivity index (χ0n) is 13.7. The topological polar surface area (TPSA) is 70.6 Å². The Labute approximate surface area is 142 Å². The van der Waals surface area contributed by atoms with Gasteiger partial charge in [-0.15, -0.1) is 0 Å². The molecule has 0 aliphatic carbocycles. The molecule has 1 amide bonds. The van der Waals surface area contributed by atoms with E-state index in [1.165, 1.54) is 4.31 Å². The second-order valence-corrected chi connectivity index (χ2v) is 8.11. The van der Waals surface area contributed by atoms with Crippen LogP contribution >= 0.6 is 0 Å². The Bertz CT molecular complexity index is 838. The lowest BCUT2D eigenvalue weighted by molar-refractivity contribution is -0.131. The molecule has 7 heteroatoms. The van der Waals surface area contributed by atoms with Gasteiger partial charge >= 0.3 is 0 Å². The first-order chi connectivity index (χ1) is 11.5. The highest BCUT2D eigenvalue weighted by Gasteiger charge is 2.27. The predicted octanol–water partition coefficient (Wildman–Crippen LogP) is 1.27. The molecule has 24 heavy (non-hydrogen) atoms. The Morgan fingerprint density at radius 3 is 2.54 bits per heavy atom. The number of carbonyl (C=O) groups excluding carboxylic acids is 1. The van der Waals surface area contributed by atoms with E-state index in [9.17, 15) is 13.2 Å². The fourth-order valence-corrected chi connectivity index (χ4v) is 4.07.